The lowest BCUT2D eigenvalue weighted by Gasteiger charge is -2.33. The number of nitrogen functional groups attached to an aromatic ring is 1. The van der Waals surface area contributed by atoms with Gasteiger partial charge in [-0.05, 0) is 37.0 Å². The van der Waals surface area contributed by atoms with Crippen LogP contribution in [0.15, 0.2) is 23.1 Å². The highest BCUT2D eigenvalue weighted by atomic mass is 32.2. The Hall–Kier alpha value is -1.40. The summed E-state index contributed by atoms with van der Waals surface area (Å²) < 4.78 is 0. The second-order valence-corrected chi connectivity index (χ2v) is 8.16. The van der Waals surface area contributed by atoms with E-state index in [4.69, 9.17) is 5.73 Å². The lowest BCUT2D eigenvalue weighted by Crippen LogP contribution is -2.42. The molecule has 0 atom stereocenters. The number of anilines is 2. The van der Waals surface area contributed by atoms with E-state index in [9.17, 15) is 9.90 Å². The van der Waals surface area contributed by atoms with Crippen LogP contribution in [0.2, 0.25) is 0 Å². The molecule has 138 valence electrons. The Bertz CT molecular complexity index is 590. The Balaban J connectivity index is 1.60. The molecule has 1 aromatic rings. The van der Waals surface area contributed by atoms with Crippen LogP contribution in [-0.4, -0.2) is 54.5 Å². The van der Waals surface area contributed by atoms with Crippen molar-refractivity contribution in [3.63, 3.8) is 0 Å². The molecule has 0 spiro atoms. The van der Waals surface area contributed by atoms with Crippen LogP contribution in [0.3, 0.4) is 0 Å². The third-order valence-electron chi connectivity index (χ3n) is 5.24. The maximum atomic E-state index is 12.6. The quantitative estimate of drug-likeness (QED) is 0.729. The molecule has 1 aliphatic heterocycles. The summed E-state index contributed by atoms with van der Waals surface area (Å²) in [5.41, 5.74) is 7.90. The van der Waals surface area contributed by atoms with Crippen molar-refractivity contribution in [3.05, 3.63) is 18.2 Å². The lowest BCUT2D eigenvalue weighted by molar-refractivity contribution is -0.132. The van der Waals surface area contributed by atoms with Gasteiger partial charge < -0.3 is 20.6 Å². The molecule has 1 aromatic carbocycles. The van der Waals surface area contributed by atoms with E-state index in [-0.39, 0.29) is 12.5 Å². The number of rotatable bonds is 7. The van der Waals surface area contributed by atoms with E-state index in [1.54, 1.807) is 0 Å². The second-order valence-electron chi connectivity index (χ2n) is 7.02. The molecule has 1 saturated carbocycles. The molecule has 1 amide bonds. The summed E-state index contributed by atoms with van der Waals surface area (Å²) in [6.07, 6.45) is 5.49. The maximum absolute atomic E-state index is 12.6. The van der Waals surface area contributed by atoms with E-state index in [0.29, 0.717) is 25.4 Å². The molecular formula is C19H29N3O2S. The highest BCUT2D eigenvalue weighted by molar-refractivity contribution is 7.99. The van der Waals surface area contributed by atoms with Gasteiger partial charge in [-0.15, -0.1) is 11.8 Å². The van der Waals surface area contributed by atoms with Gasteiger partial charge in [0.1, 0.15) is 0 Å². The number of benzene rings is 1. The van der Waals surface area contributed by atoms with Crippen molar-refractivity contribution in [1.82, 2.24) is 4.90 Å². The number of fused-ring (bicyclic) bond motifs is 1. The number of amides is 1. The molecule has 2 aliphatic rings. The number of thioether (sulfide) groups is 1. The van der Waals surface area contributed by atoms with Crippen LogP contribution in [0.5, 0.6) is 0 Å². The number of hydrogen-bond acceptors (Lipinski definition) is 5. The standard InChI is InChI=1S/C19H29N3O2S/c20-16-5-6-18-17(14-16)21(10-12-25-18)7-8-22(9-11-23)19(24)13-15-3-1-2-4-15/h5-6,14-15,23H,1-4,7-13,20H2. The number of aliphatic hydroxyl groups excluding tert-OH is 1. The minimum absolute atomic E-state index is 0.0236. The predicted molar refractivity (Wildman–Crippen MR) is 104 cm³/mol. The first-order chi connectivity index (χ1) is 12.2. The SMILES string of the molecule is Nc1ccc2c(c1)N(CCN(CCO)C(=O)CC1CCCC1)CCS2. The molecule has 0 aromatic heterocycles. The second kappa shape index (κ2) is 8.81. The Morgan fingerprint density at radius 3 is 2.88 bits per heavy atom. The van der Waals surface area contributed by atoms with Crippen LogP contribution >= 0.6 is 11.8 Å². The van der Waals surface area contributed by atoms with Gasteiger partial charge in [-0.2, -0.15) is 0 Å². The normalized spacial score (nSPS) is 17.6. The first-order valence-corrected chi connectivity index (χ1v) is 10.3. The van der Waals surface area contributed by atoms with Crippen molar-refractivity contribution in [2.45, 2.75) is 37.0 Å². The lowest BCUT2D eigenvalue weighted by atomic mass is 10.0. The first kappa shape index (κ1) is 18.4. The van der Waals surface area contributed by atoms with Crippen LogP contribution in [-0.2, 0) is 4.79 Å². The molecule has 1 heterocycles. The van der Waals surface area contributed by atoms with Gasteiger partial charge in [-0.1, -0.05) is 12.8 Å². The third-order valence-corrected chi connectivity index (χ3v) is 6.29. The van der Waals surface area contributed by atoms with Crippen molar-refractivity contribution in [3.8, 4) is 0 Å². The Kier molecular flexibility index (Phi) is 6.48. The van der Waals surface area contributed by atoms with Gasteiger partial charge in [0.15, 0.2) is 0 Å². The van der Waals surface area contributed by atoms with Crippen molar-refractivity contribution in [1.29, 1.82) is 0 Å². The van der Waals surface area contributed by atoms with Crippen LogP contribution in [0.25, 0.3) is 0 Å². The summed E-state index contributed by atoms with van der Waals surface area (Å²) in [6, 6.07) is 6.05. The fourth-order valence-electron chi connectivity index (χ4n) is 3.84. The number of carbonyl (C=O) groups excluding carboxylic acids is 1. The molecule has 0 saturated heterocycles. The number of hydrogen-bond donors (Lipinski definition) is 2. The Morgan fingerprint density at radius 2 is 2.12 bits per heavy atom. The van der Waals surface area contributed by atoms with Crippen molar-refractivity contribution < 1.29 is 9.90 Å². The van der Waals surface area contributed by atoms with E-state index in [1.807, 2.05) is 28.8 Å². The van der Waals surface area contributed by atoms with Gasteiger partial charge in [0.05, 0.1) is 12.3 Å². The minimum Gasteiger partial charge on any atom is -0.399 e. The van der Waals surface area contributed by atoms with Gasteiger partial charge >= 0.3 is 0 Å². The first-order valence-electron chi connectivity index (χ1n) is 9.33. The average molecular weight is 364 g/mol. The summed E-state index contributed by atoms with van der Waals surface area (Å²) >= 11 is 1.86. The topological polar surface area (TPSA) is 69.8 Å². The molecule has 5 nitrogen and oxygen atoms in total. The molecule has 0 bridgehead atoms. The van der Waals surface area contributed by atoms with Gasteiger partial charge in [0, 0.05) is 48.9 Å². The molecular weight excluding hydrogens is 334 g/mol. The zero-order chi connectivity index (χ0) is 17.6. The Morgan fingerprint density at radius 1 is 1.32 bits per heavy atom. The number of aliphatic hydroxyl groups is 1. The monoisotopic (exact) mass is 363 g/mol. The van der Waals surface area contributed by atoms with Crippen LogP contribution < -0.4 is 10.6 Å². The molecule has 25 heavy (non-hydrogen) atoms. The van der Waals surface area contributed by atoms with Gasteiger partial charge in [0.2, 0.25) is 5.91 Å². The van der Waals surface area contributed by atoms with E-state index in [1.165, 1.54) is 36.3 Å². The zero-order valence-corrected chi connectivity index (χ0v) is 15.6. The predicted octanol–water partition coefficient (Wildman–Crippen LogP) is 2.58. The van der Waals surface area contributed by atoms with Gasteiger partial charge in [-0.3, -0.25) is 4.79 Å². The van der Waals surface area contributed by atoms with Gasteiger partial charge in [0.25, 0.3) is 0 Å². The molecule has 3 rings (SSSR count). The molecule has 3 N–H and O–H groups in total. The minimum atomic E-state index is 0.0236. The van der Waals surface area contributed by atoms with Crippen molar-refractivity contribution >= 4 is 29.0 Å². The van der Waals surface area contributed by atoms with Crippen LogP contribution in [0, 0.1) is 5.92 Å². The molecule has 0 radical (unpaired) electrons. The summed E-state index contributed by atoms with van der Waals surface area (Å²) in [5.74, 6) is 1.79. The Labute approximate surface area is 154 Å². The van der Waals surface area contributed by atoms with Crippen LogP contribution in [0.4, 0.5) is 11.4 Å². The van der Waals surface area contributed by atoms with E-state index < -0.39 is 0 Å². The average Bonchev–Trinajstić information content (AvgIpc) is 3.11. The molecule has 1 fully saturated rings. The fraction of sp³-hybridized carbons (Fsp3) is 0.632. The number of nitrogens with two attached hydrogens (primary N) is 1. The van der Waals surface area contributed by atoms with E-state index in [2.05, 4.69) is 11.0 Å². The smallest absolute Gasteiger partial charge is 0.222 e. The van der Waals surface area contributed by atoms with Crippen LogP contribution in [0.1, 0.15) is 32.1 Å². The molecule has 6 heteroatoms. The van der Waals surface area contributed by atoms with Crippen molar-refractivity contribution in [2.75, 3.05) is 49.2 Å². The summed E-state index contributed by atoms with van der Waals surface area (Å²) in [5, 5.41) is 9.35. The van der Waals surface area contributed by atoms with E-state index in [0.717, 1.165) is 24.5 Å². The zero-order valence-electron chi connectivity index (χ0n) is 14.8. The maximum Gasteiger partial charge on any atom is 0.222 e. The van der Waals surface area contributed by atoms with E-state index >= 15 is 0 Å². The van der Waals surface area contributed by atoms with Gasteiger partial charge in [-0.25, -0.2) is 0 Å². The largest absolute Gasteiger partial charge is 0.399 e. The molecule has 0 unspecified atom stereocenters. The highest BCUT2D eigenvalue weighted by Crippen LogP contribution is 2.36. The molecule has 1 aliphatic carbocycles. The van der Waals surface area contributed by atoms with Crippen molar-refractivity contribution in [2.24, 2.45) is 5.92 Å². The highest BCUT2D eigenvalue weighted by Gasteiger charge is 2.23. The fourth-order valence-corrected chi connectivity index (χ4v) is 4.87. The summed E-state index contributed by atoms with van der Waals surface area (Å²) in [7, 11) is 0. The summed E-state index contributed by atoms with van der Waals surface area (Å²) in [4.78, 5) is 18.0. The number of carbonyl (C=O) groups is 1. The number of nitrogens with zero attached hydrogens (tertiary/aromatic N) is 2. The third kappa shape index (κ3) is 4.82. The summed E-state index contributed by atoms with van der Waals surface area (Å²) in [6.45, 7) is 2.86.